The molecule has 0 aliphatic rings. The Morgan fingerprint density at radius 3 is 2.60 bits per heavy atom. The van der Waals surface area contributed by atoms with Crippen LogP contribution in [0.2, 0.25) is 5.02 Å². The smallest absolute Gasteiger partial charge is 0.265 e. The average molecular weight is 294 g/mol. The van der Waals surface area contributed by atoms with Crippen molar-refractivity contribution in [3.63, 3.8) is 0 Å². The molecule has 0 aliphatic heterocycles. The van der Waals surface area contributed by atoms with Crippen molar-refractivity contribution in [2.45, 2.75) is 13.0 Å². The number of carbonyl (C=O) groups excluding carboxylic acids is 1. The van der Waals surface area contributed by atoms with Crippen molar-refractivity contribution < 1.29 is 13.9 Å². The number of benzene rings is 2. The molecular formula is C15H13ClFNO2. The van der Waals surface area contributed by atoms with Gasteiger partial charge in [-0.2, -0.15) is 0 Å². The highest BCUT2D eigenvalue weighted by Crippen LogP contribution is 2.17. The van der Waals surface area contributed by atoms with Gasteiger partial charge in [0.2, 0.25) is 0 Å². The molecule has 0 fully saturated rings. The van der Waals surface area contributed by atoms with Crippen molar-refractivity contribution in [1.82, 2.24) is 0 Å². The molecular weight excluding hydrogens is 281 g/mol. The fourth-order valence-corrected chi connectivity index (χ4v) is 1.77. The van der Waals surface area contributed by atoms with Crippen LogP contribution < -0.4 is 10.1 Å². The summed E-state index contributed by atoms with van der Waals surface area (Å²) >= 11 is 5.83. The van der Waals surface area contributed by atoms with Crippen LogP contribution in [-0.4, -0.2) is 12.0 Å². The molecule has 104 valence electrons. The van der Waals surface area contributed by atoms with E-state index in [-0.39, 0.29) is 11.7 Å². The maximum Gasteiger partial charge on any atom is 0.265 e. The zero-order valence-electron chi connectivity index (χ0n) is 10.8. The SMILES string of the molecule is C[C@@H](Oc1ccc(F)cc1)C(=O)Nc1cccc(Cl)c1. The fraction of sp³-hybridized carbons (Fsp3) is 0.133. The van der Waals surface area contributed by atoms with Crippen LogP contribution >= 0.6 is 11.6 Å². The Hall–Kier alpha value is -2.07. The van der Waals surface area contributed by atoms with Gasteiger partial charge in [0.25, 0.3) is 5.91 Å². The van der Waals surface area contributed by atoms with Gasteiger partial charge in [-0.15, -0.1) is 0 Å². The van der Waals surface area contributed by atoms with E-state index in [2.05, 4.69) is 5.32 Å². The third kappa shape index (κ3) is 3.96. The van der Waals surface area contributed by atoms with E-state index in [9.17, 15) is 9.18 Å². The summed E-state index contributed by atoms with van der Waals surface area (Å²) in [5.41, 5.74) is 0.594. The first-order valence-electron chi connectivity index (χ1n) is 6.03. The third-order valence-electron chi connectivity index (χ3n) is 2.59. The number of amides is 1. The van der Waals surface area contributed by atoms with Crippen molar-refractivity contribution in [2.24, 2.45) is 0 Å². The second-order valence-electron chi connectivity index (χ2n) is 4.21. The molecule has 0 unspecified atom stereocenters. The van der Waals surface area contributed by atoms with Gasteiger partial charge in [-0.1, -0.05) is 17.7 Å². The molecule has 1 N–H and O–H groups in total. The van der Waals surface area contributed by atoms with Gasteiger partial charge in [-0.05, 0) is 49.4 Å². The largest absolute Gasteiger partial charge is 0.481 e. The molecule has 2 aromatic rings. The Kier molecular flexibility index (Phi) is 4.58. The van der Waals surface area contributed by atoms with Crippen molar-refractivity contribution >= 4 is 23.2 Å². The van der Waals surface area contributed by atoms with E-state index in [4.69, 9.17) is 16.3 Å². The van der Waals surface area contributed by atoms with Gasteiger partial charge in [0, 0.05) is 10.7 Å². The molecule has 0 saturated heterocycles. The Morgan fingerprint density at radius 1 is 1.25 bits per heavy atom. The summed E-state index contributed by atoms with van der Waals surface area (Å²) in [5, 5.41) is 3.23. The van der Waals surface area contributed by atoms with Gasteiger partial charge < -0.3 is 10.1 Å². The van der Waals surface area contributed by atoms with Crippen LogP contribution in [0.3, 0.4) is 0 Å². The summed E-state index contributed by atoms with van der Waals surface area (Å²) in [7, 11) is 0. The lowest BCUT2D eigenvalue weighted by molar-refractivity contribution is -0.122. The summed E-state index contributed by atoms with van der Waals surface area (Å²) in [6.45, 7) is 1.61. The summed E-state index contributed by atoms with van der Waals surface area (Å²) < 4.78 is 18.2. The molecule has 20 heavy (non-hydrogen) atoms. The molecule has 0 spiro atoms. The first kappa shape index (κ1) is 14.3. The zero-order chi connectivity index (χ0) is 14.5. The van der Waals surface area contributed by atoms with E-state index in [0.29, 0.717) is 16.5 Å². The van der Waals surface area contributed by atoms with Crippen molar-refractivity contribution in [1.29, 1.82) is 0 Å². The monoisotopic (exact) mass is 293 g/mol. The minimum atomic E-state index is -0.709. The zero-order valence-corrected chi connectivity index (χ0v) is 11.5. The number of hydrogen-bond donors (Lipinski definition) is 1. The molecule has 0 radical (unpaired) electrons. The Morgan fingerprint density at radius 2 is 1.95 bits per heavy atom. The van der Waals surface area contributed by atoms with E-state index in [1.165, 1.54) is 24.3 Å². The van der Waals surface area contributed by atoms with E-state index in [1.807, 2.05) is 0 Å². The molecule has 0 bridgehead atoms. The fourth-order valence-electron chi connectivity index (χ4n) is 1.58. The molecule has 3 nitrogen and oxygen atoms in total. The summed E-state index contributed by atoms with van der Waals surface area (Å²) in [6, 6.07) is 12.3. The lowest BCUT2D eigenvalue weighted by Gasteiger charge is -2.14. The second-order valence-corrected chi connectivity index (χ2v) is 4.65. The first-order chi connectivity index (χ1) is 9.54. The third-order valence-corrected chi connectivity index (χ3v) is 2.82. The molecule has 2 rings (SSSR count). The van der Waals surface area contributed by atoms with Gasteiger partial charge in [-0.3, -0.25) is 4.79 Å². The summed E-state index contributed by atoms with van der Waals surface area (Å²) in [5.74, 6) is -0.231. The van der Waals surface area contributed by atoms with Crippen LogP contribution in [0.4, 0.5) is 10.1 Å². The molecule has 0 aromatic heterocycles. The molecule has 1 amide bonds. The van der Waals surface area contributed by atoms with E-state index in [1.54, 1.807) is 31.2 Å². The van der Waals surface area contributed by atoms with Gasteiger partial charge in [0.1, 0.15) is 11.6 Å². The maximum atomic E-state index is 12.8. The quantitative estimate of drug-likeness (QED) is 0.929. The maximum absolute atomic E-state index is 12.8. The Labute approximate surface area is 121 Å². The highest BCUT2D eigenvalue weighted by atomic mass is 35.5. The topological polar surface area (TPSA) is 38.3 Å². The number of hydrogen-bond acceptors (Lipinski definition) is 2. The van der Waals surface area contributed by atoms with Crippen molar-refractivity contribution in [3.8, 4) is 5.75 Å². The number of carbonyl (C=O) groups is 1. The second kappa shape index (κ2) is 6.39. The van der Waals surface area contributed by atoms with Crippen molar-refractivity contribution in [3.05, 3.63) is 59.4 Å². The predicted octanol–water partition coefficient (Wildman–Crippen LogP) is 3.89. The summed E-state index contributed by atoms with van der Waals surface area (Å²) in [4.78, 5) is 11.9. The molecule has 1 atom stereocenters. The molecule has 0 aliphatic carbocycles. The lowest BCUT2D eigenvalue weighted by atomic mass is 10.3. The Bertz CT molecular complexity index is 601. The van der Waals surface area contributed by atoms with Crippen molar-refractivity contribution in [2.75, 3.05) is 5.32 Å². The predicted molar refractivity (Wildman–Crippen MR) is 76.6 cm³/mol. The van der Waals surface area contributed by atoms with Crippen LogP contribution in [0.1, 0.15) is 6.92 Å². The first-order valence-corrected chi connectivity index (χ1v) is 6.41. The molecule has 2 aromatic carbocycles. The van der Waals surface area contributed by atoms with Crippen LogP contribution in [-0.2, 0) is 4.79 Å². The number of anilines is 1. The molecule has 0 heterocycles. The summed E-state index contributed by atoms with van der Waals surface area (Å²) in [6.07, 6.45) is -0.709. The minimum Gasteiger partial charge on any atom is -0.481 e. The highest BCUT2D eigenvalue weighted by molar-refractivity contribution is 6.30. The normalized spacial score (nSPS) is 11.8. The lowest BCUT2D eigenvalue weighted by Crippen LogP contribution is -2.30. The van der Waals surface area contributed by atoms with Crippen LogP contribution in [0.15, 0.2) is 48.5 Å². The van der Waals surface area contributed by atoms with Crippen LogP contribution in [0.5, 0.6) is 5.75 Å². The van der Waals surface area contributed by atoms with Gasteiger partial charge in [0.05, 0.1) is 0 Å². The van der Waals surface area contributed by atoms with E-state index < -0.39 is 6.10 Å². The van der Waals surface area contributed by atoms with Gasteiger partial charge in [0.15, 0.2) is 6.10 Å². The highest BCUT2D eigenvalue weighted by Gasteiger charge is 2.14. The standard InChI is InChI=1S/C15H13ClFNO2/c1-10(20-14-7-5-12(17)6-8-14)15(19)18-13-4-2-3-11(16)9-13/h2-10H,1H3,(H,18,19)/t10-/m1/s1. The van der Waals surface area contributed by atoms with Crippen LogP contribution in [0, 0.1) is 5.82 Å². The minimum absolute atomic E-state index is 0.309. The number of ether oxygens (including phenoxy) is 1. The van der Waals surface area contributed by atoms with E-state index in [0.717, 1.165) is 0 Å². The van der Waals surface area contributed by atoms with E-state index >= 15 is 0 Å². The average Bonchev–Trinajstić information content (AvgIpc) is 2.41. The number of nitrogens with one attached hydrogen (secondary N) is 1. The van der Waals surface area contributed by atoms with Gasteiger partial charge >= 0.3 is 0 Å². The Balaban J connectivity index is 1.96. The number of halogens is 2. The number of rotatable bonds is 4. The molecule has 0 saturated carbocycles. The van der Waals surface area contributed by atoms with Gasteiger partial charge in [-0.25, -0.2) is 4.39 Å². The molecule has 5 heteroatoms. The van der Waals surface area contributed by atoms with Crippen LogP contribution in [0.25, 0.3) is 0 Å².